The number of rotatable bonds is 3. The highest BCUT2D eigenvalue weighted by molar-refractivity contribution is 9.10. The smallest absolute Gasteiger partial charge is 0.268 e. The number of para-hydroxylation sites is 1. The SMILES string of the molecule is Cc1ccc(-c2nc3c(nc(C#N)n3-c3ccccc3)c(=O)n2-c2ccc(Br)cc2)cc1. The highest BCUT2D eigenvalue weighted by Crippen LogP contribution is 2.25. The average molecular weight is 482 g/mol. The Morgan fingerprint density at radius 3 is 2.16 bits per heavy atom. The van der Waals surface area contributed by atoms with Gasteiger partial charge in [-0.3, -0.25) is 13.9 Å². The van der Waals surface area contributed by atoms with E-state index in [0.717, 1.165) is 21.3 Å². The van der Waals surface area contributed by atoms with Crippen LogP contribution in [0.3, 0.4) is 0 Å². The summed E-state index contributed by atoms with van der Waals surface area (Å²) in [6.45, 7) is 2.01. The minimum atomic E-state index is -0.334. The average Bonchev–Trinajstić information content (AvgIpc) is 3.20. The minimum absolute atomic E-state index is 0.110. The molecular weight excluding hydrogens is 466 g/mol. The van der Waals surface area contributed by atoms with Gasteiger partial charge in [0.2, 0.25) is 5.82 Å². The molecule has 0 atom stereocenters. The first-order valence-electron chi connectivity index (χ1n) is 9.91. The monoisotopic (exact) mass is 481 g/mol. The summed E-state index contributed by atoms with van der Waals surface area (Å²) in [5.41, 5.74) is 3.43. The second kappa shape index (κ2) is 7.91. The van der Waals surface area contributed by atoms with E-state index in [9.17, 15) is 10.1 Å². The zero-order valence-corrected chi connectivity index (χ0v) is 18.6. The van der Waals surface area contributed by atoms with Crippen LogP contribution in [0.25, 0.3) is 33.9 Å². The summed E-state index contributed by atoms with van der Waals surface area (Å²) < 4.78 is 4.07. The molecule has 0 N–H and O–H groups in total. The number of halogens is 1. The van der Waals surface area contributed by atoms with E-state index in [1.54, 1.807) is 9.13 Å². The fraction of sp³-hybridized carbons (Fsp3) is 0.0400. The molecule has 2 aromatic heterocycles. The van der Waals surface area contributed by atoms with Crippen LogP contribution in [0.15, 0.2) is 88.1 Å². The Morgan fingerprint density at radius 2 is 1.50 bits per heavy atom. The Balaban J connectivity index is 1.91. The lowest BCUT2D eigenvalue weighted by atomic mass is 10.1. The molecule has 0 spiro atoms. The Bertz CT molecular complexity index is 1540. The minimum Gasteiger partial charge on any atom is -0.268 e. The summed E-state index contributed by atoms with van der Waals surface area (Å²) >= 11 is 3.44. The first kappa shape index (κ1) is 19.9. The number of aromatic nitrogens is 4. The summed E-state index contributed by atoms with van der Waals surface area (Å²) in [7, 11) is 0. The van der Waals surface area contributed by atoms with Gasteiger partial charge in [0.15, 0.2) is 11.2 Å². The molecule has 0 unspecified atom stereocenters. The summed E-state index contributed by atoms with van der Waals surface area (Å²) in [5, 5.41) is 9.73. The molecule has 154 valence electrons. The Kier molecular flexibility index (Phi) is 4.92. The standard InChI is InChI=1S/C25H16BrN5O/c1-16-7-9-17(10-8-16)23-29-24-22(25(32)31(23)20-13-11-18(26)12-14-20)28-21(15-27)30(24)19-5-3-2-4-6-19/h2-14H,1H3. The topological polar surface area (TPSA) is 76.5 Å². The molecule has 0 aliphatic rings. The Labute approximate surface area is 192 Å². The number of fused-ring (bicyclic) bond motifs is 1. The van der Waals surface area contributed by atoms with E-state index in [2.05, 4.69) is 27.0 Å². The molecule has 0 radical (unpaired) electrons. The number of nitriles is 1. The van der Waals surface area contributed by atoms with Crippen LogP contribution in [0.2, 0.25) is 0 Å². The van der Waals surface area contributed by atoms with Crippen molar-refractivity contribution < 1.29 is 0 Å². The summed E-state index contributed by atoms with van der Waals surface area (Å²) in [6, 6.07) is 26.7. The first-order chi connectivity index (χ1) is 15.6. The van der Waals surface area contributed by atoms with Crippen LogP contribution in [0.5, 0.6) is 0 Å². The van der Waals surface area contributed by atoms with Crippen LogP contribution in [0.1, 0.15) is 11.4 Å². The van der Waals surface area contributed by atoms with Crippen molar-refractivity contribution in [2.75, 3.05) is 0 Å². The quantitative estimate of drug-likeness (QED) is 0.355. The zero-order chi connectivity index (χ0) is 22.2. The van der Waals surface area contributed by atoms with Crippen LogP contribution in [0, 0.1) is 18.3 Å². The van der Waals surface area contributed by atoms with Gasteiger partial charge in [-0.2, -0.15) is 5.26 Å². The van der Waals surface area contributed by atoms with Crippen molar-refractivity contribution in [3.05, 3.63) is 105 Å². The maximum Gasteiger partial charge on any atom is 0.286 e. The molecule has 0 saturated carbocycles. The number of imidazole rings is 1. The largest absolute Gasteiger partial charge is 0.286 e. The molecule has 0 bridgehead atoms. The fourth-order valence-electron chi connectivity index (χ4n) is 3.63. The Hall–Kier alpha value is -4.02. The third-order valence-corrected chi connectivity index (χ3v) is 5.72. The number of aryl methyl sites for hydroxylation is 1. The first-order valence-corrected chi connectivity index (χ1v) is 10.7. The molecule has 0 amide bonds. The third kappa shape index (κ3) is 3.31. The molecule has 0 fully saturated rings. The molecule has 32 heavy (non-hydrogen) atoms. The number of hydrogen-bond acceptors (Lipinski definition) is 4. The van der Waals surface area contributed by atoms with Gasteiger partial charge in [0.05, 0.1) is 5.69 Å². The van der Waals surface area contributed by atoms with Gasteiger partial charge in [-0.25, -0.2) is 9.97 Å². The zero-order valence-electron chi connectivity index (χ0n) is 17.0. The van der Waals surface area contributed by atoms with Crippen LogP contribution in [0.4, 0.5) is 0 Å². The van der Waals surface area contributed by atoms with Gasteiger partial charge in [-0.05, 0) is 43.3 Å². The van der Waals surface area contributed by atoms with Crippen molar-refractivity contribution in [3.8, 4) is 28.8 Å². The molecule has 0 saturated heterocycles. The van der Waals surface area contributed by atoms with E-state index in [1.165, 1.54) is 0 Å². The predicted molar refractivity (Wildman–Crippen MR) is 127 cm³/mol. The van der Waals surface area contributed by atoms with Gasteiger partial charge in [-0.15, -0.1) is 0 Å². The number of hydrogen-bond donors (Lipinski definition) is 0. The van der Waals surface area contributed by atoms with Crippen molar-refractivity contribution in [2.24, 2.45) is 0 Å². The molecule has 7 heteroatoms. The van der Waals surface area contributed by atoms with Gasteiger partial charge in [0, 0.05) is 15.7 Å². The van der Waals surface area contributed by atoms with E-state index < -0.39 is 0 Å². The molecule has 0 aliphatic carbocycles. The molecular formula is C25H16BrN5O. The third-order valence-electron chi connectivity index (χ3n) is 5.19. The van der Waals surface area contributed by atoms with Crippen molar-refractivity contribution >= 4 is 27.1 Å². The highest BCUT2D eigenvalue weighted by Gasteiger charge is 2.22. The van der Waals surface area contributed by atoms with E-state index >= 15 is 0 Å². The second-order valence-electron chi connectivity index (χ2n) is 7.31. The normalized spacial score (nSPS) is 10.9. The van der Waals surface area contributed by atoms with Crippen molar-refractivity contribution in [1.29, 1.82) is 5.26 Å². The summed E-state index contributed by atoms with van der Waals surface area (Å²) in [6.07, 6.45) is 0. The van der Waals surface area contributed by atoms with Crippen molar-refractivity contribution in [3.63, 3.8) is 0 Å². The molecule has 5 aromatic rings. The van der Waals surface area contributed by atoms with Gasteiger partial charge in [-0.1, -0.05) is 64.0 Å². The lowest BCUT2D eigenvalue weighted by molar-refractivity contribution is 0.960. The highest BCUT2D eigenvalue weighted by atomic mass is 79.9. The summed E-state index contributed by atoms with van der Waals surface area (Å²) in [5.74, 6) is 0.589. The fourth-order valence-corrected chi connectivity index (χ4v) is 3.90. The van der Waals surface area contributed by atoms with E-state index in [1.807, 2.05) is 85.8 Å². The van der Waals surface area contributed by atoms with Crippen LogP contribution < -0.4 is 5.56 Å². The van der Waals surface area contributed by atoms with Crippen LogP contribution >= 0.6 is 15.9 Å². The maximum absolute atomic E-state index is 13.7. The number of nitrogens with zero attached hydrogens (tertiary/aromatic N) is 5. The van der Waals surface area contributed by atoms with E-state index in [-0.39, 0.29) is 16.9 Å². The van der Waals surface area contributed by atoms with Crippen molar-refractivity contribution in [2.45, 2.75) is 6.92 Å². The predicted octanol–water partition coefficient (Wildman–Crippen LogP) is 5.18. The molecule has 2 heterocycles. The van der Waals surface area contributed by atoms with Gasteiger partial charge >= 0.3 is 0 Å². The van der Waals surface area contributed by atoms with Gasteiger partial charge < -0.3 is 0 Å². The summed E-state index contributed by atoms with van der Waals surface area (Å²) in [4.78, 5) is 23.0. The van der Waals surface area contributed by atoms with Gasteiger partial charge in [0.25, 0.3) is 5.56 Å². The molecule has 0 aliphatic heterocycles. The van der Waals surface area contributed by atoms with Gasteiger partial charge in [0.1, 0.15) is 11.9 Å². The Morgan fingerprint density at radius 1 is 0.844 bits per heavy atom. The number of benzene rings is 3. The van der Waals surface area contributed by atoms with E-state index in [0.29, 0.717) is 17.2 Å². The van der Waals surface area contributed by atoms with Crippen molar-refractivity contribution in [1.82, 2.24) is 19.1 Å². The molecule has 6 nitrogen and oxygen atoms in total. The lowest BCUT2D eigenvalue weighted by Gasteiger charge is -2.14. The molecule has 5 rings (SSSR count). The van der Waals surface area contributed by atoms with E-state index in [4.69, 9.17) is 4.98 Å². The maximum atomic E-state index is 13.7. The van der Waals surface area contributed by atoms with Crippen LogP contribution in [-0.4, -0.2) is 19.1 Å². The second-order valence-corrected chi connectivity index (χ2v) is 8.22. The van der Waals surface area contributed by atoms with Crippen LogP contribution in [-0.2, 0) is 0 Å². The lowest BCUT2D eigenvalue weighted by Crippen LogP contribution is -2.22. The molecule has 3 aromatic carbocycles.